The Balaban J connectivity index is 0.000000497. The van der Waals surface area contributed by atoms with E-state index in [-0.39, 0.29) is 13.1 Å². The molecule has 0 fully saturated rings. The Kier molecular flexibility index (Phi) is 5.95. The van der Waals surface area contributed by atoms with E-state index in [4.69, 9.17) is 20.2 Å². The third-order valence-electron chi connectivity index (χ3n) is 3.14. The number of halogens is 2. The summed E-state index contributed by atoms with van der Waals surface area (Å²) in [6, 6.07) is 12.2. The van der Waals surface area contributed by atoms with Crippen LogP contribution in [0.4, 0.5) is 0 Å². The molecule has 2 aromatic heterocycles. The van der Waals surface area contributed by atoms with Crippen LogP contribution in [0.25, 0.3) is 21.8 Å². The summed E-state index contributed by atoms with van der Waals surface area (Å²) >= 11 is 0.194. The molecule has 0 unspecified atom stereocenters. The zero-order valence-electron chi connectivity index (χ0n) is 11.5. The van der Waals surface area contributed by atoms with E-state index in [9.17, 15) is 0 Å². The van der Waals surface area contributed by atoms with Crippen molar-refractivity contribution in [2.75, 3.05) is 7.05 Å². The quantitative estimate of drug-likeness (QED) is 0.361. The molecule has 2 heterocycles. The Morgan fingerprint density at radius 3 is 2.33 bits per heavy atom. The molecule has 0 aliphatic rings. The Labute approximate surface area is 138 Å². The van der Waals surface area contributed by atoms with Gasteiger partial charge in [-0.15, -0.1) is 0 Å². The molecule has 3 rings (SSSR count). The van der Waals surface area contributed by atoms with Crippen LogP contribution in [0.1, 0.15) is 12.6 Å². The van der Waals surface area contributed by atoms with Crippen LogP contribution >= 0.6 is 20.2 Å². The summed E-state index contributed by atoms with van der Waals surface area (Å²) in [5, 5.41) is 2.22. The molecule has 0 saturated carbocycles. The monoisotopic (exact) mass is 361 g/mol. The van der Waals surface area contributed by atoms with Crippen molar-refractivity contribution >= 4 is 47.7 Å². The van der Waals surface area contributed by atoms with Crippen LogP contribution in [0.5, 0.6) is 0 Å². The topological polar surface area (TPSA) is 38.1 Å². The number of hydrogen-bond donors (Lipinski definition) is 0. The molecule has 0 amide bonds. The van der Waals surface area contributed by atoms with Crippen molar-refractivity contribution in [3.8, 4) is 0 Å². The predicted octanol–water partition coefficient (Wildman–Crippen LogP) is 4.60. The molecule has 0 radical (unpaired) electrons. The van der Waals surface area contributed by atoms with Crippen LogP contribution in [0, 0.1) is 0 Å². The summed E-state index contributed by atoms with van der Waals surface area (Å²) in [5.41, 5.74) is 3.72. The SMILES string of the molecule is CN=C(C)c1ccc2ccc3cccnc3c2n1.[Cl][Fe][Cl]. The minimum absolute atomic E-state index is 0.194. The van der Waals surface area contributed by atoms with E-state index >= 15 is 0 Å². The van der Waals surface area contributed by atoms with Crippen LogP contribution in [0.2, 0.25) is 0 Å². The van der Waals surface area contributed by atoms with Crippen LogP contribution in [0.15, 0.2) is 47.6 Å². The van der Waals surface area contributed by atoms with Crippen molar-refractivity contribution in [2.24, 2.45) is 4.99 Å². The fraction of sp³-hybridized carbons (Fsp3) is 0.133. The average molecular weight is 362 g/mol. The van der Waals surface area contributed by atoms with E-state index in [1.807, 2.05) is 19.1 Å². The van der Waals surface area contributed by atoms with Gasteiger partial charge in [0.05, 0.1) is 22.4 Å². The molecule has 0 aliphatic heterocycles. The maximum atomic E-state index is 4.76. The van der Waals surface area contributed by atoms with Gasteiger partial charge in [0.15, 0.2) is 0 Å². The standard InChI is InChI=1S/C15H13N3.2ClH.Fe/c1-10(16-2)13-8-7-12-6-5-11-4-3-9-17-14(11)15(12)18-13;;;/h3-9H,1-2H3;2*1H;/q;;;+2/p-2. The molecule has 6 heteroatoms. The van der Waals surface area contributed by atoms with E-state index in [0.717, 1.165) is 33.2 Å². The average Bonchev–Trinajstić information content (AvgIpc) is 2.54. The summed E-state index contributed by atoms with van der Waals surface area (Å²) < 4.78 is 0. The number of aliphatic imine (C=N–C) groups is 1. The summed E-state index contributed by atoms with van der Waals surface area (Å²) in [6.07, 6.45) is 1.80. The van der Waals surface area contributed by atoms with Crippen molar-refractivity contribution in [1.82, 2.24) is 9.97 Å². The van der Waals surface area contributed by atoms with Gasteiger partial charge < -0.3 is 0 Å². The van der Waals surface area contributed by atoms with Gasteiger partial charge in [0.1, 0.15) is 0 Å². The molecule has 110 valence electrons. The van der Waals surface area contributed by atoms with Crippen molar-refractivity contribution in [3.63, 3.8) is 0 Å². The number of benzene rings is 1. The zero-order valence-corrected chi connectivity index (χ0v) is 14.1. The van der Waals surface area contributed by atoms with Gasteiger partial charge in [-0.3, -0.25) is 9.98 Å². The van der Waals surface area contributed by atoms with Gasteiger partial charge >= 0.3 is 33.3 Å². The molecule has 1 aromatic carbocycles. The molecule has 0 spiro atoms. The second-order valence-corrected chi connectivity index (χ2v) is 6.09. The Morgan fingerprint density at radius 2 is 1.67 bits per heavy atom. The summed E-state index contributed by atoms with van der Waals surface area (Å²) in [7, 11) is 11.3. The molecular weight excluding hydrogens is 349 g/mol. The van der Waals surface area contributed by atoms with Gasteiger partial charge in [-0.25, -0.2) is 4.98 Å². The maximum absolute atomic E-state index is 4.76. The Bertz CT molecular complexity index is 790. The molecule has 0 saturated heterocycles. The second-order valence-electron chi connectivity index (χ2n) is 4.27. The van der Waals surface area contributed by atoms with E-state index in [0.29, 0.717) is 0 Å². The van der Waals surface area contributed by atoms with Crippen LogP contribution < -0.4 is 0 Å². The third-order valence-corrected chi connectivity index (χ3v) is 3.14. The molecule has 0 N–H and O–H groups in total. The van der Waals surface area contributed by atoms with Crippen LogP contribution in [0.3, 0.4) is 0 Å². The minimum atomic E-state index is 0.194. The van der Waals surface area contributed by atoms with Crippen LogP contribution in [-0.2, 0) is 13.1 Å². The van der Waals surface area contributed by atoms with Gasteiger partial charge in [0, 0.05) is 24.0 Å². The Hall–Kier alpha value is -1.19. The summed E-state index contributed by atoms with van der Waals surface area (Å²) in [6.45, 7) is 1.97. The number of fused-ring (bicyclic) bond motifs is 3. The van der Waals surface area contributed by atoms with Crippen molar-refractivity contribution < 1.29 is 13.1 Å². The summed E-state index contributed by atoms with van der Waals surface area (Å²) in [5.74, 6) is 0. The van der Waals surface area contributed by atoms with Gasteiger partial charge in [-0.1, -0.05) is 24.3 Å². The van der Waals surface area contributed by atoms with Gasteiger partial charge in [-0.05, 0) is 19.1 Å². The fourth-order valence-electron chi connectivity index (χ4n) is 2.04. The van der Waals surface area contributed by atoms with E-state index in [2.05, 4.69) is 39.2 Å². The van der Waals surface area contributed by atoms with Gasteiger partial charge in [-0.2, -0.15) is 0 Å². The second kappa shape index (κ2) is 7.71. The molecule has 21 heavy (non-hydrogen) atoms. The Morgan fingerprint density at radius 1 is 1.05 bits per heavy atom. The molecule has 3 nitrogen and oxygen atoms in total. The number of aromatic nitrogens is 2. The molecule has 3 aromatic rings. The molecule has 0 aliphatic carbocycles. The molecule has 0 atom stereocenters. The number of hydrogen-bond acceptors (Lipinski definition) is 3. The predicted molar refractivity (Wildman–Crippen MR) is 86.9 cm³/mol. The van der Waals surface area contributed by atoms with E-state index in [1.54, 1.807) is 13.2 Å². The molecule has 0 bridgehead atoms. The van der Waals surface area contributed by atoms with E-state index < -0.39 is 0 Å². The van der Waals surface area contributed by atoms with Crippen molar-refractivity contribution in [3.05, 3.63) is 48.3 Å². The van der Waals surface area contributed by atoms with Crippen LogP contribution in [-0.4, -0.2) is 22.7 Å². The van der Waals surface area contributed by atoms with Crippen molar-refractivity contribution in [1.29, 1.82) is 0 Å². The van der Waals surface area contributed by atoms with E-state index in [1.165, 1.54) is 0 Å². The summed E-state index contributed by atoms with van der Waals surface area (Å²) in [4.78, 5) is 13.3. The molecular formula is C15H13Cl2FeN3. The van der Waals surface area contributed by atoms with Crippen molar-refractivity contribution in [2.45, 2.75) is 6.92 Å². The normalized spacial score (nSPS) is 11.5. The zero-order chi connectivity index (χ0) is 15.2. The third kappa shape index (κ3) is 3.72. The first-order valence-corrected chi connectivity index (χ1v) is 9.18. The van der Waals surface area contributed by atoms with Gasteiger partial charge in [0.25, 0.3) is 0 Å². The first kappa shape index (κ1) is 16.2. The number of pyridine rings is 2. The first-order valence-electron chi connectivity index (χ1n) is 6.14. The fourth-order valence-corrected chi connectivity index (χ4v) is 2.04. The number of nitrogens with zero attached hydrogens (tertiary/aromatic N) is 3. The number of rotatable bonds is 1. The van der Waals surface area contributed by atoms with Gasteiger partial charge in [0.2, 0.25) is 0 Å². The first-order chi connectivity index (χ1) is 10.2.